The molecule has 0 aliphatic heterocycles. The molecule has 0 N–H and O–H groups in total. The Balaban J connectivity index is 5.26. The van der Waals surface area contributed by atoms with Crippen molar-refractivity contribution in [1.82, 2.24) is 0 Å². The molecule has 0 atom stereocenters. The third-order valence-electron chi connectivity index (χ3n) is 11.4. The maximum Gasteiger partial charge on any atom is -0.0340 e. The lowest BCUT2D eigenvalue weighted by Crippen LogP contribution is -2.46. The summed E-state index contributed by atoms with van der Waals surface area (Å²) >= 11 is 0. The van der Waals surface area contributed by atoms with E-state index >= 15 is 0 Å². The van der Waals surface area contributed by atoms with Crippen LogP contribution in [-0.4, -0.2) is 35.5 Å². The van der Waals surface area contributed by atoms with Crippen molar-refractivity contribution in [3.8, 4) is 0 Å². The molecule has 0 unspecified atom stereocenters. The molecule has 264 valence electrons. The highest BCUT2D eigenvalue weighted by atomic mass is 32.4. The zero-order valence-corrected chi connectivity index (χ0v) is 32.7. The standard InChI is InChI=1S/C42H90S/c1-7-11-15-19-23-27-31-35-39-43(5,6,40-36-32-28-24-20-16-12-8-2,41-37-33-29-25-21-17-13-9-3)42-38-34-30-26-22-18-14-10-4/h7-42H2,1-6H3. The van der Waals surface area contributed by atoms with Crippen molar-refractivity contribution >= 4 is 8.29 Å². The molecule has 0 rings (SSSR count). The van der Waals surface area contributed by atoms with E-state index in [9.17, 15) is 0 Å². The van der Waals surface area contributed by atoms with Gasteiger partial charge in [0, 0.05) is 0 Å². The topological polar surface area (TPSA) is 0 Å². The monoisotopic (exact) mass is 627 g/mol. The normalized spacial score (nSPS) is 13.8. The van der Waals surface area contributed by atoms with Gasteiger partial charge in [0.2, 0.25) is 0 Å². The first-order chi connectivity index (χ1) is 20.8. The Morgan fingerprint density at radius 2 is 0.349 bits per heavy atom. The number of hydrogen-bond donors (Lipinski definition) is 0. The van der Waals surface area contributed by atoms with Gasteiger partial charge in [0.05, 0.1) is 0 Å². The molecule has 0 saturated carbocycles. The minimum Gasteiger partial charge on any atom is -0.279 e. The van der Waals surface area contributed by atoms with Gasteiger partial charge in [-0.2, -0.15) is 0 Å². The first kappa shape index (κ1) is 43.4. The van der Waals surface area contributed by atoms with Crippen LogP contribution in [0.4, 0.5) is 0 Å². The van der Waals surface area contributed by atoms with E-state index in [0.29, 0.717) is 0 Å². The zero-order chi connectivity index (χ0) is 31.9. The van der Waals surface area contributed by atoms with Gasteiger partial charge in [-0.25, -0.2) is 0 Å². The van der Waals surface area contributed by atoms with Crippen molar-refractivity contribution in [2.45, 2.75) is 233 Å². The fourth-order valence-electron chi connectivity index (χ4n) is 7.94. The van der Waals surface area contributed by atoms with Crippen LogP contribution < -0.4 is 0 Å². The molecular weight excluding hydrogens is 537 g/mol. The number of rotatable bonds is 36. The predicted molar refractivity (Wildman–Crippen MR) is 209 cm³/mol. The van der Waals surface area contributed by atoms with Crippen LogP contribution in [0.25, 0.3) is 0 Å². The Labute approximate surface area is 276 Å². The van der Waals surface area contributed by atoms with Gasteiger partial charge in [-0.3, -0.25) is 8.29 Å². The van der Waals surface area contributed by atoms with E-state index in [-0.39, 0.29) is 0 Å². The molecule has 0 heterocycles. The average Bonchev–Trinajstić information content (AvgIpc) is 2.99. The molecule has 0 aromatic heterocycles. The third-order valence-corrected chi connectivity index (χ3v) is 19.2. The van der Waals surface area contributed by atoms with Crippen molar-refractivity contribution in [2.75, 3.05) is 35.5 Å². The summed E-state index contributed by atoms with van der Waals surface area (Å²) in [4.78, 5) is 0. The van der Waals surface area contributed by atoms with E-state index in [2.05, 4.69) is 40.2 Å². The van der Waals surface area contributed by atoms with Crippen molar-refractivity contribution in [3.05, 3.63) is 0 Å². The quantitative estimate of drug-likeness (QED) is 0.0607. The van der Waals surface area contributed by atoms with Crippen molar-refractivity contribution in [3.63, 3.8) is 0 Å². The van der Waals surface area contributed by atoms with Gasteiger partial charge in [0.25, 0.3) is 0 Å². The van der Waals surface area contributed by atoms with Gasteiger partial charge < -0.3 is 0 Å². The molecule has 0 radical (unpaired) electrons. The minimum absolute atomic E-state index is 1.37. The van der Waals surface area contributed by atoms with Gasteiger partial charge in [-0.1, -0.05) is 207 Å². The lowest BCUT2D eigenvalue weighted by molar-refractivity contribution is 0.576. The Hall–Kier alpha value is 0.350. The van der Waals surface area contributed by atoms with Crippen LogP contribution in [0.3, 0.4) is 0 Å². The fraction of sp³-hybridized carbons (Fsp3) is 1.00. The minimum atomic E-state index is -2.08. The van der Waals surface area contributed by atoms with Gasteiger partial charge in [-0.15, -0.1) is 0 Å². The largest absolute Gasteiger partial charge is 0.279 e. The molecule has 0 nitrogen and oxygen atoms in total. The molecule has 0 fully saturated rings. The van der Waals surface area contributed by atoms with E-state index in [1.165, 1.54) is 205 Å². The Morgan fingerprint density at radius 3 is 0.512 bits per heavy atom. The SMILES string of the molecule is CCCCCCCCCCS(C)(C)(CCCCCCCCCC)(CCCCCCCCCC)CCCCCCCCCC. The fourth-order valence-corrected chi connectivity index (χ4v) is 14.7. The van der Waals surface area contributed by atoms with Crippen molar-refractivity contribution in [1.29, 1.82) is 0 Å². The maximum atomic E-state index is 2.96. The second-order valence-electron chi connectivity index (χ2n) is 16.7. The molecule has 0 aromatic carbocycles. The summed E-state index contributed by atoms with van der Waals surface area (Å²) in [6.07, 6.45) is 52.9. The molecule has 0 aromatic rings. The third kappa shape index (κ3) is 25.2. The predicted octanol–water partition coefficient (Wildman–Crippen LogP) is 15.7. The lowest BCUT2D eigenvalue weighted by Gasteiger charge is -2.76. The zero-order valence-electron chi connectivity index (χ0n) is 31.9. The van der Waals surface area contributed by atoms with E-state index in [4.69, 9.17) is 0 Å². The molecule has 1 heteroatoms. The maximum absolute atomic E-state index is 2.96. The van der Waals surface area contributed by atoms with Gasteiger partial charge in [0.1, 0.15) is 0 Å². The Kier molecular flexibility index (Phi) is 27.7. The lowest BCUT2D eigenvalue weighted by atomic mass is 10.1. The van der Waals surface area contributed by atoms with Crippen LogP contribution in [-0.2, 0) is 0 Å². The van der Waals surface area contributed by atoms with Crippen molar-refractivity contribution < 1.29 is 0 Å². The van der Waals surface area contributed by atoms with Gasteiger partial charge in [0.15, 0.2) is 0 Å². The summed E-state index contributed by atoms with van der Waals surface area (Å²) in [6, 6.07) is 0. The van der Waals surface area contributed by atoms with E-state index < -0.39 is 8.29 Å². The Bertz CT molecular complexity index is 474. The highest BCUT2D eigenvalue weighted by Crippen LogP contribution is 2.85. The number of hydrogen-bond acceptors (Lipinski definition) is 0. The average molecular weight is 627 g/mol. The molecule has 0 aliphatic carbocycles. The summed E-state index contributed by atoms with van der Waals surface area (Å²) in [6.45, 7) is 9.37. The van der Waals surface area contributed by atoms with E-state index in [1.54, 1.807) is 23.0 Å². The molecule has 0 spiro atoms. The van der Waals surface area contributed by atoms with Crippen LogP contribution in [0.15, 0.2) is 0 Å². The van der Waals surface area contributed by atoms with Crippen LogP contribution in [0.2, 0.25) is 0 Å². The Morgan fingerprint density at radius 1 is 0.209 bits per heavy atom. The second-order valence-corrected chi connectivity index (χ2v) is 26.2. The van der Waals surface area contributed by atoms with Crippen LogP contribution >= 0.6 is 8.29 Å². The van der Waals surface area contributed by atoms with Crippen molar-refractivity contribution in [2.24, 2.45) is 0 Å². The first-order valence-electron chi connectivity index (χ1n) is 20.8. The molecule has 0 saturated heterocycles. The number of unbranched alkanes of at least 4 members (excludes halogenated alkanes) is 28. The molecule has 0 amide bonds. The molecule has 0 bridgehead atoms. The van der Waals surface area contributed by atoms with Crippen LogP contribution in [0, 0.1) is 0 Å². The molecule has 0 aliphatic rings. The van der Waals surface area contributed by atoms with E-state index in [0.717, 1.165) is 0 Å². The molecule has 43 heavy (non-hydrogen) atoms. The summed E-state index contributed by atoms with van der Waals surface area (Å²) in [5.41, 5.74) is 0. The highest BCUT2D eigenvalue weighted by molar-refractivity contribution is 8.63. The van der Waals surface area contributed by atoms with Crippen LogP contribution in [0.5, 0.6) is 0 Å². The van der Waals surface area contributed by atoms with Gasteiger partial charge >= 0.3 is 0 Å². The summed E-state index contributed by atoms with van der Waals surface area (Å²) in [5, 5.41) is 0. The van der Waals surface area contributed by atoms with Crippen LogP contribution in [0.1, 0.15) is 233 Å². The van der Waals surface area contributed by atoms with Gasteiger partial charge in [-0.05, 0) is 61.2 Å². The molecular formula is C42H90S. The highest BCUT2D eigenvalue weighted by Gasteiger charge is 2.49. The summed E-state index contributed by atoms with van der Waals surface area (Å²) in [7, 11) is -2.08. The summed E-state index contributed by atoms with van der Waals surface area (Å²) in [5.74, 6) is 6.38. The first-order valence-corrected chi connectivity index (χ1v) is 24.7. The smallest absolute Gasteiger partial charge is 0.0340 e. The van der Waals surface area contributed by atoms with E-state index in [1.807, 2.05) is 0 Å². The second kappa shape index (κ2) is 27.5. The summed E-state index contributed by atoms with van der Waals surface area (Å²) < 4.78 is 0.